The molecule has 0 spiro atoms. The van der Waals surface area contributed by atoms with Crippen molar-refractivity contribution >= 4 is 0 Å². The summed E-state index contributed by atoms with van der Waals surface area (Å²) in [7, 11) is 0. The quantitative estimate of drug-likeness (QED) is 0.611. The normalized spacial score (nSPS) is 28.4. The summed E-state index contributed by atoms with van der Waals surface area (Å²) in [5.41, 5.74) is 0. The second kappa shape index (κ2) is 6.52. The first-order chi connectivity index (χ1) is 7.45. The Balaban J connectivity index is 1.47. The maximum absolute atomic E-state index is 4.43. The highest BCUT2D eigenvalue weighted by atomic mass is 14.9. The highest BCUT2D eigenvalue weighted by molar-refractivity contribution is 4.71. The molecule has 87 valence electrons. The Morgan fingerprint density at radius 3 is 2.20 bits per heavy atom. The van der Waals surface area contributed by atoms with E-state index in [4.69, 9.17) is 0 Å². The van der Waals surface area contributed by atoms with Gasteiger partial charge in [-0.05, 0) is 24.7 Å². The van der Waals surface area contributed by atoms with Gasteiger partial charge in [-0.15, -0.1) is 0 Å². The van der Waals surface area contributed by atoms with Crippen molar-refractivity contribution in [3.63, 3.8) is 0 Å². The van der Waals surface area contributed by atoms with E-state index in [1.165, 1.54) is 70.8 Å². The van der Waals surface area contributed by atoms with Crippen LogP contribution in [0.25, 0.3) is 0 Å². The van der Waals surface area contributed by atoms with Crippen molar-refractivity contribution < 1.29 is 0 Å². The van der Waals surface area contributed by atoms with Gasteiger partial charge in [0.25, 0.3) is 0 Å². The second-order valence-electron chi connectivity index (χ2n) is 5.57. The standard InChI is InChI=1S/C14H26N/c1-2-6-13(7-3-1)8-4-5-9-14-10-11-15-12-14/h13-14H,1-12H2. The van der Waals surface area contributed by atoms with Crippen LogP contribution in [-0.4, -0.2) is 13.1 Å². The van der Waals surface area contributed by atoms with E-state index < -0.39 is 0 Å². The average Bonchev–Trinajstić information content (AvgIpc) is 2.79. The predicted octanol–water partition coefficient (Wildman–Crippen LogP) is 3.75. The highest BCUT2D eigenvalue weighted by Crippen LogP contribution is 2.28. The van der Waals surface area contributed by atoms with Crippen LogP contribution < -0.4 is 5.32 Å². The minimum absolute atomic E-state index is 0.955. The molecule has 2 rings (SSSR count). The van der Waals surface area contributed by atoms with Gasteiger partial charge in [-0.2, -0.15) is 0 Å². The van der Waals surface area contributed by atoms with Crippen molar-refractivity contribution in [3.05, 3.63) is 0 Å². The van der Waals surface area contributed by atoms with Crippen LogP contribution in [0.15, 0.2) is 0 Å². The molecule has 0 aromatic carbocycles. The second-order valence-corrected chi connectivity index (χ2v) is 5.57. The summed E-state index contributed by atoms with van der Waals surface area (Å²) in [5.74, 6) is 2.04. The summed E-state index contributed by atoms with van der Waals surface area (Å²) in [6.45, 7) is 2.32. The van der Waals surface area contributed by atoms with E-state index in [2.05, 4.69) is 5.32 Å². The van der Waals surface area contributed by atoms with Gasteiger partial charge in [-0.3, -0.25) is 0 Å². The SMILES string of the molecule is C1CCC(CCCCC2CC[N]C2)CC1. The molecule has 0 aromatic heterocycles. The lowest BCUT2D eigenvalue weighted by Crippen LogP contribution is -2.06. The molecule has 0 bridgehead atoms. The fourth-order valence-corrected chi connectivity index (χ4v) is 3.22. The Bertz CT molecular complexity index is 155. The fourth-order valence-electron chi connectivity index (χ4n) is 3.22. The molecule has 1 nitrogen and oxygen atoms in total. The lowest BCUT2D eigenvalue weighted by Gasteiger charge is -2.21. The molecule has 2 fully saturated rings. The first kappa shape index (κ1) is 11.4. The summed E-state index contributed by atoms with van der Waals surface area (Å²) in [5, 5.41) is 4.43. The van der Waals surface area contributed by atoms with E-state index in [9.17, 15) is 0 Å². The molecule has 1 aliphatic heterocycles. The Morgan fingerprint density at radius 1 is 0.800 bits per heavy atom. The van der Waals surface area contributed by atoms with E-state index >= 15 is 0 Å². The first-order valence-electron chi connectivity index (χ1n) is 7.08. The van der Waals surface area contributed by atoms with Gasteiger partial charge >= 0.3 is 0 Å². The zero-order valence-corrected chi connectivity index (χ0v) is 10.1. The van der Waals surface area contributed by atoms with Gasteiger partial charge in [0, 0.05) is 13.1 Å². The summed E-state index contributed by atoms with van der Waals surface area (Å²) < 4.78 is 0. The Labute approximate surface area is 95.0 Å². The lowest BCUT2D eigenvalue weighted by molar-refractivity contribution is 0.324. The zero-order valence-electron chi connectivity index (χ0n) is 10.1. The molecule has 15 heavy (non-hydrogen) atoms. The van der Waals surface area contributed by atoms with Crippen molar-refractivity contribution in [1.29, 1.82) is 0 Å². The smallest absolute Gasteiger partial charge is 0.0162 e. The summed E-state index contributed by atoms with van der Waals surface area (Å²) in [6, 6.07) is 0. The summed E-state index contributed by atoms with van der Waals surface area (Å²) in [6.07, 6.45) is 14.9. The topological polar surface area (TPSA) is 14.1 Å². The molecule has 1 heterocycles. The molecule has 0 aromatic rings. The molecular weight excluding hydrogens is 182 g/mol. The predicted molar refractivity (Wildman–Crippen MR) is 65.0 cm³/mol. The van der Waals surface area contributed by atoms with Crippen molar-refractivity contribution in [3.8, 4) is 0 Å². The fraction of sp³-hybridized carbons (Fsp3) is 1.00. The number of hydrogen-bond donors (Lipinski definition) is 0. The van der Waals surface area contributed by atoms with Crippen LogP contribution in [0, 0.1) is 11.8 Å². The molecule has 1 radical (unpaired) electrons. The minimum atomic E-state index is 0.955. The molecule has 1 atom stereocenters. The number of rotatable bonds is 5. The van der Waals surface area contributed by atoms with Crippen molar-refractivity contribution in [2.45, 2.75) is 64.2 Å². The van der Waals surface area contributed by atoms with E-state index in [0.29, 0.717) is 0 Å². The number of hydrogen-bond acceptors (Lipinski definition) is 0. The van der Waals surface area contributed by atoms with Crippen molar-refractivity contribution in [2.24, 2.45) is 11.8 Å². The van der Waals surface area contributed by atoms with E-state index in [-0.39, 0.29) is 0 Å². The first-order valence-corrected chi connectivity index (χ1v) is 7.08. The Kier molecular flexibility index (Phi) is 4.98. The Morgan fingerprint density at radius 2 is 1.53 bits per heavy atom. The van der Waals surface area contributed by atoms with Gasteiger partial charge in [0.2, 0.25) is 0 Å². The van der Waals surface area contributed by atoms with E-state index in [0.717, 1.165) is 18.4 Å². The lowest BCUT2D eigenvalue weighted by atomic mass is 9.85. The summed E-state index contributed by atoms with van der Waals surface area (Å²) in [4.78, 5) is 0. The van der Waals surface area contributed by atoms with Gasteiger partial charge in [-0.1, -0.05) is 51.4 Å². The van der Waals surface area contributed by atoms with Gasteiger partial charge in [-0.25, -0.2) is 5.32 Å². The molecule has 1 saturated heterocycles. The van der Waals surface area contributed by atoms with Gasteiger partial charge in [0.1, 0.15) is 0 Å². The Hall–Kier alpha value is -0.0400. The molecule has 1 aliphatic carbocycles. The molecule has 1 unspecified atom stereocenters. The van der Waals surface area contributed by atoms with Crippen LogP contribution in [0.3, 0.4) is 0 Å². The molecule has 0 amide bonds. The van der Waals surface area contributed by atoms with E-state index in [1.807, 2.05) is 0 Å². The van der Waals surface area contributed by atoms with Crippen LogP contribution in [0.1, 0.15) is 64.2 Å². The van der Waals surface area contributed by atoms with Crippen LogP contribution in [-0.2, 0) is 0 Å². The largest absolute Gasteiger partial charge is 0.241 e. The molecule has 2 aliphatic rings. The third-order valence-corrected chi connectivity index (χ3v) is 4.28. The summed E-state index contributed by atoms with van der Waals surface area (Å²) >= 11 is 0. The van der Waals surface area contributed by atoms with Gasteiger partial charge in [0.15, 0.2) is 0 Å². The van der Waals surface area contributed by atoms with Crippen LogP contribution >= 0.6 is 0 Å². The third-order valence-electron chi connectivity index (χ3n) is 4.28. The zero-order chi connectivity index (χ0) is 10.3. The third kappa shape index (κ3) is 4.14. The van der Waals surface area contributed by atoms with Gasteiger partial charge < -0.3 is 0 Å². The molecule has 1 heteroatoms. The maximum atomic E-state index is 4.43. The molecule has 0 N–H and O–H groups in total. The van der Waals surface area contributed by atoms with E-state index in [1.54, 1.807) is 0 Å². The molecular formula is C14H26N. The monoisotopic (exact) mass is 208 g/mol. The minimum Gasteiger partial charge on any atom is -0.241 e. The number of nitrogens with zero attached hydrogens (tertiary/aromatic N) is 1. The van der Waals surface area contributed by atoms with Crippen LogP contribution in [0.4, 0.5) is 0 Å². The van der Waals surface area contributed by atoms with Crippen LogP contribution in [0.2, 0.25) is 0 Å². The maximum Gasteiger partial charge on any atom is 0.0162 e. The van der Waals surface area contributed by atoms with Crippen LogP contribution in [0.5, 0.6) is 0 Å². The highest BCUT2D eigenvalue weighted by Gasteiger charge is 2.16. The van der Waals surface area contributed by atoms with Gasteiger partial charge in [0.05, 0.1) is 0 Å². The molecule has 1 saturated carbocycles. The average molecular weight is 208 g/mol. The van der Waals surface area contributed by atoms with Crippen molar-refractivity contribution in [1.82, 2.24) is 5.32 Å². The van der Waals surface area contributed by atoms with Crippen molar-refractivity contribution in [2.75, 3.05) is 13.1 Å². The number of unbranched alkanes of at least 4 members (excludes halogenated alkanes) is 1.